The van der Waals surface area contributed by atoms with Crippen molar-refractivity contribution in [1.82, 2.24) is 0 Å². The van der Waals surface area contributed by atoms with Crippen LogP contribution in [0.2, 0.25) is 0 Å². The molecule has 2 nitrogen and oxygen atoms in total. The van der Waals surface area contributed by atoms with E-state index in [1.807, 2.05) is 24.3 Å². The first-order valence-corrected chi connectivity index (χ1v) is 6.51. The van der Waals surface area contributed by atoms with Crippen molar-refractivity contribution in [2.75, 3.05) is 5.32 Å². The first-order valence-electron chi connectivity index (χ1n) is 5.43. The molecule has 1 N–H and O–H groups in total. The Morgan fingerprint density at radius 2 is 1.89 bits per heavy atom. The second-order valence-electron chi connectivity index (χ2n) is 3.86. The molecule has 0 bridgehead atoms. The van der Waals surface area contributed by atoms with Gasteiger partial charge in [0.15, 0.2) is 0 Å². The molecule has 0 fully saturated rings. The van der Waals surface area contributed by atoms with Crippen LogP contribution in [-0.4, -0.2) is 5.91 Å². The van der Waals surface area contributed by atoms with E-state index in [2.05, 4.69) is 27.9 Å². The number of benzene rings is 2. The molecule has 0 radical (unpaired) electrons. The minimum Gasteiger partial charge on any atom is -0.326 e. The Hall–Kier alpha value is -1.43. The predicted molar refractivity (Wildman–Crippen MR) is 77.9 cm³/mol. The predicted octanol–water partition coefficient (Wildman–Crippen LogP) is 3.61. The zero-order valence-corrected chi connectivity index (χ0v) is 11.6. The van der Waals surface area contributed by atoms with Crippen LogP contribution in [0.4, 0.5) is 10.1 Å². The third kappa shape index (κ3) is 3.80. The summed E-state index contributed by atoms with van der Waals surface area (Å²) in [5, 5.41) is 2.77. The van der Waals surface area contributed by atoms with Crippen molar-refractivity contribution in [3.8, 4) is 0 Å². The van der Waals surface area contributed by atoms with E-state index in [0.717, 1.165) is 9.26 Å². The van der Waals surface area contributed by atoms with E-state index in [1.54, 1.807) is 12.1 Å². The van der Waals surface area contributed by atoms with E-state index in [-0.39, 0.29) is 18.1 Å². The van der Waals surface area contributed by atoms with Crippen molar-refractivity contribution in [3.63, 3.8) is 0 Å². The summed E-state index contributed by atoms with van der Waals surface area (Å²) in [5.41, 5.74) is 1.41. The van der Waals surface area contributed by atoms with Crippen LogP contribution in [-0.2, 0) is 11.2 Å². The highest BCUT2D eigenvalue weighted by Crippen LogP contribution is 2.12. The molecule has 0 aliphatic rings. The minimum atomic E-state index is -0.324. The summed E-state index contributed by atoms with van der Waals surface area (Å²) >= 11 is 2.20. The molecule has 4 heteroatoms. The molecular formula is C14H11FINO. The molecule has 0 aromatic heterocycles. The van der Waals surface area contributed by atoms with Gasteiger partial charge >= 0.3 is 0 Å². The summed E-state index contributed by atoms with van der Waals surface area (Å²) in [7, 11) is 0. The lowest BCUT2D eigenvalue weighted by Gasteiger charge is -2.05. The molecule has 1 amide bonds. The maximum absolute atomic E-state index is 13.0. The average Bonchev–Trinajstić information content (AvgIpc) is 2.32. The Balaban J connectivity index is 1.98. The molecule has 2 aromatic carbocycles. The molecule has 18 heavy (non-hydrogen) atoms. The quantitative estimate of drug-likeness (QED) is 0.838. The maximum Gasteiger partial charge on any atom is 0.228 e. The maximum atomic E-state index is 13.0. The van der Waals surface area contributed by atoms with Gasteiger partial charge in [0.1, 0.15) is 5.82 Å². The Bertz CT molecular complexity index is 554. The van der Waals surface area contributed by atoms with E-state index < -0.39 is 0 Å². The van der Waals surface area contributed by atoms with Crippen LogP contribution in [0.5, 0.6) is 0 Å². The molecule has 0 heterocycles. The highest BCUT2D eigenvalue weighted by atomic mass is 127. The highest BCUT2D eigenvalue weighted by molar-refractivity contribution is 14.1. The number of hydrogen-bond donors (Lipinski definition) is 1. The summed E-state index contributed by atoms with van der Waals surface area (Å²) in [6.45, 7) is 0. The van der Waals surface area contributed by atoms with E-state index in [4.69, 9.17) is 0 Å². The summed E-state index contributed by atoms with van der Waals surface area (Å²) in [5.74, 6) is -0.476. The fraction of sp³-hybridized carbons (Fsp3) is 0.0714. The van der Waals surface area contributed by atoms with Crippen molar-refractivity contribution in [2.45, 2.75) is 6.42 Å². The van der Waals surface area contributed by atoms with E-state index >= 15 is 0 Å². The Labute approximate surface area is 118 Å². The van der Waals surface area contributed by atoms with Gasteiger partial charge in [0.05, 0.1) is 6.42 Å². The van der Waals surface area contributed by atoms with Gasteiger partial charge < -0.3 is 5.32 Å². The van der Waals surface area contributed by atoms with Crippen molar-refractivity contribution in [2.24, 2.45) is 0 Å². The molecule has 0 saturated carbocycles. The molecular weight excluding hydrogens is 344 g/mol. The molecule has 0 aliphatic carbocycles. The van der Waals surface area contributed by atoms with Crippen LogP contribution in [0.3, 0.4) is 0 Å². The zero-order valence-electron chi connectivity index (χ0n) is 9.49. The molecule has 2 aromatic rings. The highest BCUT2D eigenvalue weighted by Gasteiger charge is 2.04. The van der Waals surface area contributed by atoms with Gasteiger partial charge in [0, 0.05) is 9.26 Å². The van der Waals surface area contributed by atoms with Crippen molar-refractivity contribution >= 4 is 34.2 Å². The number of anilines is 1. The molecule has 0 spiro atoms. The second kappa shape index (κ2) is 5.95. The monoisotopic (exact) mass is 355 g/mol. The smallest absolute Gasteiger partial charge is 0.228 e. The normalized spacial score (nSPS) is 10.1. The van der Waals surface area contributed by atoms with Crippen molar-refractivity contribution in [1.29, 1.82) is 0 Å². The third-order valence-electron chi connectivity index (χ3n) is 2.38. The number of carbonyl (C=O) groups excluding carboxylic acids is 1. The van der Waals surface area contributed by atoms with Crippen molar-refractivity contribution in [3.05, 3.63) is 63.5 Å². The number of carbonyl (C=O) groups is 1. The molecule has 0 aliphatic heterocycles. The van der Waals surface area contributed by atoms with Gasteiger partial charge in [-0.05, 0) is 64.6 Å². The minimum absolute atomic E-state index is 0.151. The summed E-state index contributed by atoms with van der Waals surface area (Å²) < 4.78 is 14.1. The second-order valence-corrected chi connectivity index (χ2v) is 5.11. The van der Waals surface area contributed by atoms with Gasteiger partial charge in [-0.2, -0.15) is 0 Å². The summed E-state index contributed by atoms with van der Waals surface area (Å²) in [4.78, 5) is 11.7. The Morgan fingerprint density at radius 1 is 1.17 bits per heavy atom. The van der Waals surface area contributed by atoms with Gasteiger partial charge in [-0.25, -0.2) is 4.39 Å². The number of nitrogens with one attached hydrogen (secondary N) is 1. The van der Waals surface area contributed by atoms with Gasteiger partial charge in [-0.15, -0.1) is 0 Å². The fourth-order valence-electron chi connectivity index (χ4n) is 1.57. The standard InChI is InChI=1S/C14H11FINO/c15-11-3-1-2-10(8-11)9-14(18)17-13-6-4-12(16)5-7-13/h1-8H,9H2,(H,17,18). The number of halogens is 2. The van der Waals surface area contributed by atoms with Crippen LogP contribution < -0.4 is 5.32 Å². The molecule has 92 valence electrons. The SMILES string of the molecule is O=C(Cc1cccc(F)c1)Nc1ccc(I)cc1. The lowest BCUT2D eigenvalue weighted by molar-refractivity contribution is -0.115. The average molecular weight is 355 g/mol. The fourth-order valence-corrected chi connectivity index (χ4v) is 1.93. The van der Waals surface area contributed by atoms with E-state index in [9.17, 15) is 9.18 Å². The summed E-state index contributed by atoms with van der Waals surface area (Å²) in [6, 6.07) is 13.6. The zero-order chi connectivity index (χ0) is 13.0. The first kappa shape index (κ1) is 13.0. The van der Waals surface area contributed by atoms with Gasteiger partial charge in [-0.1, -0.05) is 12.1 Å². The van der Waals surface area contributed by atoms with E-state index in [0.29, 0.717) is 5.56 Å². The largest absolute Gasteiger partial charge is 0.326 e. The van der Waals surface area contributed by atoms with Gasteiger partial charge in [-0.3, -0.25) is 4.79 Å². The Kier molecular flexibility index (Phi) is 4.30. The third-order valence-corrected chi connectivity index (χ3v) is 3.10. The van der Waals surface area contributed by atoms with Crippen LogP contribution in [0.1, 0.15) is 5.56 Å². The number of amides is 1. The van der Waals surface area contributed by atoms with Gasteiger partial charge in [0.25, 0.3) is 0 Å². The van der Waals surface area contributed by atoms with Crippen LogP contribution in [0, 0.1) is 9.39 Å². The Morgan fingerprint density at radius 3 is 2.56 bits per heavy atom. The van der Waals surface area contributed by atoms with E-state index in [1.165, 1.54) is 12.1 Å². The van der Waals surface area contributed by atoms with Crippen LogP contribution in [0.25, 0.3) is 0 Å². The summed E-state index contributed by atoms with van der Waals surface area (Å²) in [6.07, 6.45) is 0.170. The lowest BCUT2D eigenvalue weighted by atomic mass is 10.1. The molecule has 0 saturated heterocycles. The molecule has 2 rings (SSSR count). The van der Waals surface area contributed by atoms with Crippen LogP contribution in [0.15, 0.2) is 48.5 Å². The van der Waals surface area contributed by atoms with Crippen molar-refractivity contribution < 1.29 is 9.18 Å². The van der Waals surface area contributed by atoms with Gasteiger partial charge in [0.2, 0.25) is 5.91 Å². The number of hydrogen-bond acceptors (Lipinski definition) is 1. The first-order chi connectivity index (χ1) is 8.63. The number of rotatable bonds is 3. The van der Waals surface area contributed by atoms with Crippen LogP contribution >= 0.6 is 22.6 Å². The lowest BCUT2D eigenvalue weighted by Crippen LogP contribution is -2.14. The molecule has 0 unspecified atom stereocenters. The topological polar surface area (TPSA) is 29.1 Å². The molecule has 0 atom stereocenters.